The molecule has 0 aliphatic heterocycles. The van der Waals surface area contributed by atoms with Crippen molar-refractivity contribution in [3.05, 3.63) is 22.4 Å². The number of thiophene rings is 1. The van der Waals surface area contributed by atoms with E-state index >= 15 is 0 Å². The van der Waals surface area contributed by atoms with Crippen LogP contribution in [0.1, 0.15) is 31.6 Å². The third-order valence-corrected chi connectivity index (χ3v) is 4.90. The third-order valence-electron chi connectivity index (χ3n) is 3.96. The second-order valence-electron chi connectivity index (χ2n) is 5.59. The zero-order chi connectivity index (χ0) is 15.7. The summed E-state index contributed by atoms with van der Waals surface area (Å²) in [6, 6.07) is 4.68. The highest BCUT2D eigenvalue weighted by atomic mass is 127. The second-order valence-corrected chi connectivity index (χ2v) is 6.62. The van der Waals surface area contributed by atoms with Gasteiger partial charge in [-0.05, 0) is 37.9 Å². The molecule has 1 rings (SSSR count). The lowest BCUT2D eigenvalue weighted by Crippen LogP contribution is -2.40. The van der Waals surface area contributed by atoms with Gasteiger partial charge in [-0.1, -0.05) is 32.8 Å². The summed E-state index contributed by atoms with van der Waals surface area (Å²) in [4.78, 5) is 8.16. The topological polar surface area (TPSA) is 53.6 Å². The Morgan fingerprint density at radius 1 is 1.36 bits per heavy atom. The zero-order valence-corrected chi connectivity index (χ0v) is 17.4. The molecule has 128 valence electrons. The number of halogens is 1. The van der Waals surface area contributed by atoms with Crippen LogP contribution in [0, 0.1) is 5.92 Å². The number of nitrogens with zero attached hydrogens (tertiary/aromatic N) is 2. The summed E-state index contributed by atoms with van der Waals surface area (Å²) in [5, 5.41) is 5.31. The molecular formula is C16H31IN4S. The van der Waals surface area contributed by atoms with Crippen molar-refractivity contribution in [3.8, 4) is 0 Å². The Labute approximate surface area is 156 Å². The molecule has 1 aromatic rings. The molecule has 0 fully saturated rings. The van der Waals surface area contributed by atoms with Crippen LogP contribution < -0.4 is 11.1 Å². The molecule has 22 heavy (non-hydrogen) atoms. The van der Waals surface area contributed by atoms with Crippen molar-refractivity contribution < 1.29 is 0 Å². The molecule has 0 radical (unpaired) electrons. The van der Waals surface area contributed by atoms with Gasteiger partial charge in [-0.2, -0.15) is 0 Å². The van der Waals surface area contributed by atoms with Gasteiger partial charge in [-0.15, -0.1) is 35.3 Å². The first-order valence-electron chi connectivity index (χ1n) is 7.81. The number of guanidine groups is 1. The van der Waals surface area contributed by atoms with Gasteiger partial charge < -0.3 is 16.0 Å². The maximum absolute atomic E-state index is 5.97. The summed E-state index contributed by atoms with van der Waals surface area (Å²) in [5.74, 6) is 1.23. The van der Waals surface area contributed by atoms with Crippen LogP contribution in [-0.4, -0.2) is 44.1 Å². The van der Waals surface area contributed by atoms with E-state index in [4.69, 9.17) is 5.73 Å². The summed E-state index contributed by atoms with van der Waals surface area (Å²) in [6.45, 7) is 6.10. The van der Waals surface area contributed by atoms with Gasteiger partial charge in [-0.3, -0.25) is 4.99 Å². The van der Waals surface area contributed by atoms with Crippen molar-refractivity contribution in [3.63, 3.8) is 0 Å². The van der Waals surface area contributed by atoms with E-state index in [9.17, 15) is 0 Å². The molecule has 1 heterocycles. The number of likely N-dealkylation sites (N-methyl/N-ethyl adjacent to an activating group) is 1. The molecule has 4 nitrogen and oxygen atoms in total. The van der Waals surface area contributed by atoms with E-state index in [1.807, 2.05) is 0 Å². The summed E-state index contributed by atoms with van der Waals surface area (Å²) in [5.41, 5.74) is 5.97. The van der Waals surface area contributed by atoms with Crippen LogP contribution in [0.25, 0.3) is 0 Å². The number of nitrogens with two attached hydrogens (primary N) is 1. The summed E-state index contributed by atoms with van der Waals surface area (Å²) in [6.07, 6.45) is 3.36. The molecule has 0 amide bonds. The smallest absolute Gasteiger partial charge is 0.188 e. The standard InChI is InChI=1S/C16H30N4S.HI/c1-5-13(6-2)15(20(3)4)12-19-16(17)18-10-9-14-8-7-11-21-14;/h7-8,11,13,15H,5-6,9-10,12H2,1-4H3,(H3,17,18,19);1H. The Morgan fingerprint density at radius 3 is 2.55 bits per heavy atom. The average molecular weight is 438 g/mol. The number of aliphatic imine (C=N–C) groups is 1. The molecule has 0 aliphatic carbocycles. The van der Waals surface area contributed by atoms with Crippen LogP contribution in [0.4, 0.5) is 0 Å². The molecule has 0 saturated heterocycles. The Hall–Kier alpha value is -0.340. The van der Waals surface area contributed by atoms with Gasteiger partial charge in [0.1, 0.15) is 0 Å². The van der Waals surface area contributed by atoms with Crippen molar-refractivity contribution in [2.24, 2.45) is 16.6 Å². The molecule has 1 unspecified atom stereocenters. The van der Waals surface area contributed by atoms with Crippen molar-refractivity contribution in [1.29, 1.82) is 0 Å². The quantitative estimate of drug-likeness (QED) is 0.354. The van der Waals surface area contributed by atoms with Crippen molar-refractivity contribution >= 4 is 41.3 Å². The number of rotatable bonds is 9. The normalized spacial score (nSPS) is 13.3. The van der Waals surface area contributed by atoms with Crippen LogP contribution in [0.2, 0.25) is 0 Å². The van der Waals surface area contributed by atoms with Gasteiger partial charge in [0.05, 0.1) is 6.54 Å². The van der Waals surface area contributed by atoms with Gasteiger partial charge in [0.2, 0.25) is 0 Å². The van der Waals surface area contributed by atoms with E-state index in [-0.39, 0.29) is 24.0 Å². The minimum atomic E-state index is 0. The lowest BCUT2D eigenvalue weighted by Gasteiger charge is -2.30. The first-order chi connectivity index (χ1) is 10.1. The molecule has 0 bridgehead atoms. The van der Waals surface area contributed by atoms with Gasteiger partial charge in [0.25, 0.3) is 0 Å². The first-order valence-corrected chi connectivity index (χ1v) is 8.69. The fourth-order valence-electron chi connectivity index (χ4n) is 2.58. The molecular weight excluding hydrogens is 407 g/mol. The predicted molar refractivity (Wildman–Crippen MR) is 109 cm³/mol. The van der Waals surface area contributed by atoms with E-state index < -0.39 is 0 Å². The van der Waals surface area contributed by atoms with Gasteiger partial charge in [-0.25, -0.2) is 0 Å². The Bertz CT molecular complexity index is 402. The van der Waals surface area contributed by atoms with E-state index in [2.05, 4.69) is 60.7 Å². The largest absolute Gasteiger partial charge is 0.370 e. The molecule has 0 aromatic carbocycles. The summed E-state index contributed by atoms with van der Waals surface area (Å²) >= 11 is 1.78. The number of hydrogen-bond acceptors (Lipinski definition) is 3. The lowest BCUT2D eigenvalue weighted by atomic mass is 9.93. The molecule has 0 spiro atoms. The van der Waals surface area contributed by atoms with Crippen molar-refractivity contribution in [2.75, 3.05) is 27.2 Å². The third kappa shape index (κ3) is 7.78. The average Bonchev–Trinajstić information content (AvgIpc) is 2.96. The fourth-order valence-corrected chi connectivity index (χ4v) is 3.29. The maximum atomic E-state index is 5.97. The SMILES string of the molecule is CCC(CC)C(CN=C(N)NCCc1cccs1)N(C)C.I. The van der Waals surface area contributed by atoms with Gasteiger partial charge in [0, 0.05) is 17.5 Å². The van der Waals surface area contributed by atoms with E-state index in [1.54, 1.807) is 11.3 Å². The second kappa shape index (κ2) is 12.1. The molecule has 1 atom stereocenters. The summed E-state index contributed by atoms with van der Waals surface area (Å²) < 4.78 is 0. The van der Waals surface area contributed by atoms with Crippen LogP contribution in [0.3, 0.4) is 0 Å². The molecule has 3 N–H and O–H groups in total. The minimum absolute atomic E-state index is 0. The zero-order valence-electron chi connectivity index (χ0n) is 14.2. The highest BCUT2D eigenvalue weighted by Crippen LogP contribution is 2.17. The van der Waals surface area contributed by atoms with Crippen LogP contribution >= 0.6 is 35.3 Å². The number of nitrogens with one attached hydrogen (secondary N) is 1. The van der Waals surface area contributed by atoms with Gasteiger partial charge >= 0.3 is 0 Å². The van der Waals surface area contributed by atoms with E-state index in [0.717, 1.165) is 19.5 Å². The highest BCUT2D eigenvalue weighted by Gasteiger charge is 2.20. The molecule has 1 aromatic heterocycles. The first kappa shape index (κ1) is 21.7. The van der Waals surface area contributed by atoms with Crippen molar-refractivity contribution in [1.82, 2.24) is 10.2 Å². The molecule has 6 heteroatoms. The summed E-state index contributed by atoms with van der Waals surface area (Å²) in [7, 11) is 4.25. The molecule has 0 aliphatic rings. The minimum Gasteiger partial charge on any atom is -0.370 e. The van der Waals surface area contributed by atoms with Crippen LogP contribution in [0.5, 0.6) is 0 Å². The Kier molecular flexibility index (Phi) is 11.9. The van der Waals surface area contributed by atoms with Crippen molar-refractivity contribution in [2.45, 2.75) is 39.2 Å². The van der Waals surface area contributed by atoms with E-state index in [1.165, 1.54) is 17.7 Å². The maximum Gasteiger partial charge on any atom is 0.188 e. The predicted octanol–water partition coefficient (Wildman–Crippen LogP) is 3.18. The Balaban J connectivity index is 0.00000441. The monoisotopic (exact) mass is 438 g/mol. The van der Waals surface area contributed by atoms with Crippen LogP contribution in [0.15, 0.2) is 22.5 Å². The lowest BCUT2D eigenvalue weighted by molar-refractivity contribution is 0.206. The van der Waals surface area contributed by atoms with E-state index in [0.29, 0.717) is 17.9 Å². The molecule has 0 saturated carbocycles. The van der Waals surface area contributed by atoms with Crippen LogP contribution in [-0.2, 0) is 6.42 Å². The highest BCUT2D eigenvalue weighted by molar-refractivity contribution is 14.0. The van der Waals surface area contributed by atoms with Gasteiger partial charge in [0.15, 0.2) is 5.96 Å². The number of hydrogen-bond donors (Lipinski definition) is 2. The fraction of sp³-hybridized carbons (Fsp3) is 0.688. The Morgan fingerprint density at radius 2 is 2.05 bits per heavy atom.